The van der Waals surface area contributed by atoms with Gasteiger partial charge in [-0.15, -0.1) is 11.8 Å². The summed E-state index contributed by atoms with van der Waals surface area (Å²) in [6.45, 7) is 0.211. The molecule has 0 unspecified atom stereocenters. The molecule has 4 nitrogen and oxygen atoms in total. The van der Waals surface area contributed by atoms with Crippen molar-refractivity contribution in [2.75, 3.05) is 19.5 Å². The van der Waals surface area contributed by atoms with Gasteiger partial charge in [0.05, 0.1) is 22.5 Å². The second-order valence-corrected chi connectivity index (χ2v) is 7.72. The van der Waals surface area contributed by atoms with Gasteiger partial charge in [0, 0.05) is 33.0 Å². The van der Waals surface area contributed by atoms with Crippen LogP contribution in [0.4, 0.5) is 0 Å². The Hall–Kier alpha value is -2.28. The standard InChI is InChI=1S/C21H18N2O2S2/c1-26-19-13-23-17-9-5-3-7-15(17)21(19)27-18-12-22-16-8-4-2-6-14(16)20(18)25-11-10-24/h2-9,12-13,24H,10-11H2,1H3. The molecule has 0 aliphatic rings. The van der Waals surface area contributed by atoms with Crippen LogP contribution in [0.5, 0.6) is 5.75 Å². The molecule has 0 fully saturated rings. The lowest BCUT2D eigenvalue weighted by Crippen LogP contribution is -2.03. The highest BCUT2D eigenvalue weighted by Crippen LogP contribution is 2.44. The van der Waals surface area contributed by atoms with Crippen LogP contribution in [0.2, 0.25) is 0 Å². The number of rotatable bonds is 6. The highest BCUT2D eigenvalue weighted by Gasteiger charge is 2.16. The minimum absolute atomic E-state index is 0.0327. The number of nitrogens with zero attached hydrogens (tertiary/aromatic N) is 2. The predicted octanol–water partition coefficient (Wildman–Crippen LogP) is 5.03. The molecular formula is C21H18N2O2S2. The second-order valence-electron chi connectivity index (χ2n) is 5.82. The molecule has 27 heavy (non-hydrogen) atoms. The molecule has 0 spiro atoms. The van der Waals surface area contributed by atoms with E-state index in [1.165, 1.54) is 0 Å². The number of aliphatic hydroxyl groups excluding tert-OH is 1. The summed E-state index contributed by atoms with van der Waals surface area (Å²) in [7, 11) is 0. The number of aromatic nitrogens is 2. The lowest BCUT2D eigenvalue weighted by Gasteiger charge is -2.15. The summed E-state index contributed by atoms with van der Waals surface area (Å²) in [5, 5.41) is 11.3. The number of thioether (sulfide) groups is 1. The molecule has 4 rings (SSSR count). The Labute approximate surface area is 166 Å². The molecule has 0 saturated carbocycles. The van der Waals surface area contributed by atoms with E-state index in [1.54, 1.807) is 23.5 Å². The molecule has 136 valence electrons. The monoisotopic (exact) mass is 394 g/mol. The molecule has 4 aromatic rings. The van der Waals surface area contributed by atoms with E-state index in [2.05, 4.69) is 22.3 Å². The van der Waals surface area contributed by atoms with Crippen LogP contribution < -0.4 is 4.74 Å². The highest BCUT2D eigenvalue weighted by molar-refractivity contribution is 8.02. The number of hydrogen-bond acceptors (Lipinski definition) is 6. The van der Waals surface area contributed by atoms with Crippen LogP contribution in [0.1, 0.15) is 0 Å². The highest BCUT2D eigenvalue weighted by atomic mass is 32.2. The number of hydrogen-bond donors (Lipinski definition) is 1. The number of pyridine rings is 2. The molecule has 0 aliphatic carbocycles. The van der Waals surface area contributed by atoms with Gasteiger partial charge in [0.1, 0.15) is 12.4 Å². The Morgan fingerprint density at radius 2 is 1.52 bits per heavy atom. The Kier molecular flexibility index (Phi) is 5.48. The quantitative estimate of drug-likeness (QED) is 0.463. The Bertz CT molecular complexity index is 1100. The zero-order valence-corrected chi connectivity index (χ0v) is 16.4. The molecule has 0 aliphatic heterocycles. The van der Waals surface area contributed by atoms with Crippen LogP contribution in [0.25, 0.3) is 21.8 Å². The summed E-state index contributed by atoms with van der Waals surface area (Å²) in [6, 6.07) is 16.0. The van der Waals surface area contributed by atoms with Gasteiger partial charge in [-0.2, -0.15) is 0 Å². The van der Waals surface area contributed by atoms with E-state index >= 15 is 0 Å². The number of fused-ring (bicyclic) bond motifs is 2. The molecule has 0 saturated heterocycles. The molecule has 0 radical (unpaired) electrons. The largest absolute Gasteiger partial charge is 0.489 e. The Morgan fingerprint density at radius 1 is 0.889 bits per heavy atom. The number of ether oxygens (including phenoxy) is 1. The molecule has 0 bridgehead atoms. The van der Waals surface area contributed by atoms with Crippen molar-refractivity contribution in [3.63, 3.8) is 0 Å². The average molecular weight is 395 g/mol. The van der Waals surface area contributed by atoms with E-state index in [0.29, 0.717) is 0 Å². The van der Waals surface area contributed by atoms with Crippen molar-refractivity contribution in [1.82, 2.24) is 9.97 Å². The lowest BCUT2D eigenvalue weighted by atomic mass is 10.2. The van der Waals surface area contributed by atoms with E-state index in [0.717, 1.165) is 42.2 Å². The maximum atomic E-state index is 9.24. The molecule has 2 aromatic carbocycles. The van der Waals surface area contributed by atoms with Crippen LogP contribution in [0.3, 0.4) is 0 Å². The number of aliphatic hydroxyl groups is 1. The van der Waals surface area contributed by atoms with E-state index in [4.69, 9.17) is 4.74 Å². The van der Waals surface area contributed by atoms with Crippen molar-refractivity contribution in [3.05, 3.63) is 60.9 Å². The summed E-state index contributed by atoms with van der Waals surface area (Å²) in [6.07, 6.45) is 5.81. The van der Waals surface area contributed by atoms with Crippen LogP contribution in [0, 0.1) is 0 Å². The Morgan fingerprint density at radius 3 is 2.22 bits per heavy atom. The fourth-order valence-corrected chi connectivity index (χ4v) is 4.78. The van der Waals surface area contributed by atoms with Crippen molar-refractivity contribution in [2.24, 2.45) is 0 Å². The van der Waals surface area contributed by atoms with Crippen molar-refractivity contribution >= 4 is 45.3 Å². The van der Waals surface area contributed by atoms with E-state index < -0.39 is 0 Å². The van der Waals surface area contributed by atoms with Crippen LogP contribution in [-0.2, 0) is 0 Å². The molecule has 2 heterocycles. The fraction of sp³-hybridized carbons (Fsp3) is 0.143. The van der Waals surface area contributed by atoms with Gasteiger partial charge in [0.15, 0.2) is 0 Å². The maximum absolute atomic E-state index is 9.24. The number of para-hydroxylation sites is 2. The van der Waals surface area contributed by atoms with Crippen LogP contribution >= 0.6 is 23.5 Å². The minimum Gasteiger partial charge on any atom is -0.489 e. The van der Waals surface area contributed by atoms with Crippen molar-refractivity contribution in [2.45, 2.75) is 14.7 Å². The van der Waals surface area contributed by atoms with Crippen LogP contribution in [-0.4, -0.2) is 34.5 Å². The summed E-state index contributed by atoms with van der Waals surface area (Å²) in [5.41, 5.74) is 1.84. The zero-order valence-electron chi connectivity index (χ0n) is 14.8. The second kappa shape index (κ2) is 8.17. The molecule has 1 N–H and O–H groups in total. The van der Waals surface area contributed by atoms with Gasteiger partial charge in [-0.1, -0.05) is 42.1 Å². The summed E-state index contributed by atoms with van der Waals surface area (Å²) in [5.74, 6) is 0.757. The average Bonchev–Trinajstić information content (AvgIpc) is 2.73. The molecule has 0 amide bonds. The zero-order chi connectivity index (χ0) is 18.6. The smallest absolute Gasteiger partial charge is 0.144 e. The molecule has 2 aromatic heterocycles. The van der Waals surface area contributed by atoms with Gasteiger partial charge in [-0.05, 0) is 24.5 Å². The van der Waals surface area contributed by atoms with Gasteiger partial charge in [0.2, 0.25) is 0 Å². The SMILES string of the molecule is CSc1cnc2ccccc2c1Sc1cnc2ccccc2c1OCCO. The van der Waals surface area contributed by atoms with Crippen molar-refractivity contribution in [1.29, 1.82) is 0 Å². The topological polar surface area (TPSA) is 55.2 Å². The van der Waals surface area contributed by atoms with E-state index in [-0.39, 0.29) is 13.2 Å². The van der Waals surface area contributed by atoms with E-state index in [9.17, 15) is 5.11 Å². The predicted molar refractivity (Wildman–Crippen MR) is 112 cm³/mol. The van der Waals surface area contributed by atoms with Crippen molar-refractivity contribution in [3.8, 4) is 5.75 Å². The first kappa shape index (κ1) is 18.1. The molecule has 6 heteroatoms. The van der Waals surface area contributed by atoms with Crippen molar-refractivity contribution < 1.29 is 9.84 Å². The molecule has 0 atom stereocenters. The minimum atomic E-state index is -0.0327. The summed E-state index contributed by atoms with van der Waals surface area (Å²) in [4.78, 5) is 12.3. The third kappa shape index (κ3) is 3.60. The lowest BCUT2D eigenvalue weighted by molar-refractivity contribution is 0.200. The normalized spacial score (nSPS) is 11.2. The van der Waals surface area contributed by atoms with Crippen LogP contribution in [0.15, 0.2) is 75.6 Å². The van der Waals surface area contributed by atoms with Gasteiger partial charge in [0.25, 0.3) is 0 Å². The van der Waals surface area contributed by atoms with Gasteiger partial charge in [-0.3, -0.25) is 9.97 Å². The van der Waals surface area contributed by atoms with Gasteiger partial charge < -0.3 is 9.84 Å². The summed E-state index contributed by atoms with van der Waals surface area (Å²) >= 11 is 3.30. The number of benzene rings is 2. The third-order valence-electron chi connectivity index (χ3n) is 4.16. The molecular weight excluding hydrogens is 376 g/mol. The first-order chi connectivity index (χ1) is 13.3. The first-order valence-corrected chi connectivity index (χ1v) is 10.6. The van der Waals surface area contributed by atoms with E-state index in [1.807, 2.05) is 54.9 Å². The fourth-order valence-electron chi connectivity index (χ4n) is 2.93. The summed E-state index contributed by atoms with van der Waals surface area (Å²) < 4.78 is 5.92. The Balaban J connectivity index is 1.88. The first-order valence-electron chi connectivity index (χ1n) is 8.53. The van der Waals surface area contributed by atoms with Gasteiger partial charge in [-0.25, -0.2) is 0 Å². The third-order valence-corrected chi connectivity index (χ3v) is 6.19. The van der Waals surface area contributed by atoms with Gasteiger partial charge >= 0.3 is 0 Å². The maximum Gasteiger partial charge on any atom is 0.144 e.